The highest BCUT2D eigenvalue weighted by Gasteiger charge is 2.21. The van der Waals surface area contributed by atoms with Gasteiger partial charge in [-0.15, -0.1) is 0 Å². The minimum absolute atomic E-state index is 0.240. The molecule has 0 radical (unpaired) electrons. The Morgan fingerprint density at radius 2 is 1.77 bits per heavy atom. The first-order chi connectivity index (χ1) is 10.4. The lowest BCUT2D eigenvalue weighted by Crippen LogP contribution is -2.15. The van der Waals surface area contributed by atoms with E-state index < -0.39 is 20.7 Å². The Morgan fingerprint density at radius 1 is 1.05 bits per heavy atom. The van der Waals surface area contributed by atoms with E-state index in [4.69, 9.17) is 9.47 Å². The Labute approximate surface area is 128 Å². The molecule has 0 saturated carbocycles. The van der Waals surface area contributed by atoms with Crippen molar-refractivity contribution in [1.29, 1.82) is 0 Å². The van der Waals surface area contributed by atoms with Gasteiger partial charge in [0.15, 0.2) is 0 Å². The van der Waals surface area contributed by atoms with Gasteiger partial charge in [-0.2, -0.15) is 0 Å². The molecule has 0 spiro atoms. The van der Waals surface area contributed by atoms with Gasteiger partial charge in [-0.1, -0.05) is 6.07 Å². The second-order valence-corrected chi connectivity index (χ2v) is 6.26. The molecule has 7 heteroatoms. The first-order valence-electron chi connectivity index (χ1n) is 6.38. The van der Waals surface area contributed by atoms with Crippen LogP contribution in [-0.2, 0) is 10.0 Å². The molecule has 0 heterocycles. The van der Waals surface area contributed by atoms with Crippen LogP contribution in [0.5, 0.6) is 11.5 Å². The molecular formula is C15H16FNO4S. The van der Waals surface area contributed by atoms with Gasteiger partial charge in [-0.05, 0) is 36.8 Å². The zero-order chi connectivity index (χ0) is 16.3. The molecule has 0 aliphatic rings. The van der Waals surface area contributed by atoms with Crippen molar-refractivity contribution in [3.8, 4) is 11.5 Å². The van der Waals surface area contributed by atoms with Crippen molar-refractivity contribution in [3.05, 3.63) is 47.8 Å². The number of aryl methyl sites for hydroxylation is 1. The van der Waals surface area contributed by atoms with Gasteiger partial charge in [0.25, 0.3) is 10.0 Å². The van der Waals surface area contributed by atoms with E-state index in [-0.39, 0.29) is 11.4 Å². The Hall–Kier alpha value is -2.28. The van der Waals surface area contributed by atoms with Crippen LogP contribution in [0.25, 0.3) is 0 Å². The molecule has 5 nitrogen and oxygen atoms in total. The highest BCUT2D eigenvalue weighted by atomic mass is 32.2. The molecule has 2 aromatic carbocycles. The van der Waals surface area contributed by atoms with Crippen molar-refractivity contribution < 1.29 is 22.3 Å². The molecule has 0 saturated heterocycles. The second kappa shape index (κ2) is 6.23. The summed E-state index contributed by atoms with van der Waals surface area (Å²) in [5.41, 5.74) is 1.09. The van der Waals surface area contributed by atoms with Crippen LogP contribution >= 0.6 is 0 Å². The smallest absolute Gasteiger partial charge is 0.264 e. The highest BCUT2D eigenvalue weighted by Crippen LogP contribution is 2.29. The van der Waals surface area contributed by atoms with Crippen LogP contribution in [0.3, 0.4) is 0 Å². The van der Waals surface area contributed by atoms with Crippen LogP contribution in [0.2, 0.25) is 0 Å². The maximum Gasteiger partial charge on any atom is 0.264 e. The van der Waals surface area contributed by atoms with Crippen molar-refractivity contribution in [2.75, 3.05) is 18.9 Å². The van der Waals surface area contributed by atoms with Crippen molar-refractivity contribution in [3.63, 3.8) is 0 Å². The molecule has 22 heavy (non-hydrogen) atoms. The normalized spacial score (nSPS) is 11.1. The molecule has 0 fully saturated rings. The second-order valence-electron chi connectivity index (χ2n) is 4.61. The number of hydrogen-bond acceptors (Lipinski definition) is 4. The van der Waals surface area contributed by atoms with E-state index >= 15 is 0 Å². The number of hydrogen-bond donors (Lipinski definition) is 1. The summed E-state index contributed by atoms with van der Waals surface area (Å²) in [4.78, 5) is -0.461. The summed E-state index contributed by atoms with van der Waals surface area (Å²) < 4.78 is 51.0. The first kappa shape index (κ1) is 16.1. The summed E-state index contributed by atoms with van der Waals surface area (Å²) in [7, 11) is -1.28. The molecule has 0 atom stereocenters. The number of benzene rings is 2. The molecule has 0 amide bonds. The molecule has 0 aliphatic heterocycles. The summed E-state index contributed by atoms with van der Waals surface area (Å²) in [5, 5.41) is 0. The van der Waals surface area contributed by atoms with Crippen molar-refractivity contribution >= 4 is 15.7 Å². The number of rotatable bonds is 5. The van der Waals surface area contributed by atoms with E-state index in [1.807, 2.05) is 6.92 Å². The average Bonchev–Trinajstić information content (AvgIpc) is 2.46. The Bertz CT molecular complexity index is 790. The zero-order valence-corrected chi connectivity index (χ0v) is 13.2. The van der Waals surface area contributed by atoms with E-state index in [0.29, 0.717) is 5.75 Å². The Morgan fingerprint density at radius 3 is 2.36 bits per heavy atom. The predicted molar refractivity (Wildman–Crippen MR) is 81.5 cm³/mol. The van der Waals surface area contributed by atoms with Gasteiger partial charge in [-0.25, -0.2) is 12.8 Å². The number of nitrogens with one attached hydrogen (secondary N) is 1. The van der Waals surface area contributed by atoms with Crippen molar-refractivity contribution in [2.45, 2.75) is 11.8 Å². The van der Waals surface area contributed by atoms with Crippen LogP contribution in [-0.4, -0.2) is 22.6 Å². The van der Waals surface area contributed by atoms with Gasteiger partial charge < -0.3 is 9.47 Å². The first-order valence-corrected chi connectivity index (χ1v) is 7.86. The largest absolute Gasteiger partial charge is 0.497 e. The van der Waals surface area contributed by atoms with Crippen LogP contribution in [0.4, 0.5) is 10.1 Å². The summed E-state index contributed by atoms with van der Waals surface area (Å²) in [6.45, 7) is 1.81. The maximum absolute atomic E-state index is 14.0. The van der Waals surface area contributed by atoms with Gasteiger partial charge in [0.1, 0.15) is 22.2 Å². The van der Waals surface area contributed by atoms with E-state index in [0.717, 1.165) is 17.7 Å². The standard InChI is InChI=1S/C15H16FNO4S/c1-10-4-6-14(21-3)13(8-10)17-22(18,19)15-7-5-11(20-2)9-12(15)16/h4-9,17H,1-3H3. The quantitative estimate of drug-likeness (QED) is 0.918. The third-order valence-electron chi connectivity index (χ3n) is 3.03. The van der Waals surface area contributed by atoms with Crippen LogP contribution in [0.1, 0.15) is 5.56 Å². The zero-order valence-electron chi connectivity index (χ0n) is 12.4. The summed E-state index contributed by atoms with van der Waals surface area (Å²) >= 11 is 0. The molecule has 0 bridgehead atoms. The summed E-state index contributed by atoms with van der Waals surface area (Å²) in [6, 6.07) is 8.58. The van der Waals surface area contributed by atoms with Gasteiger partial charge in [0.05, 0.1) is 19.9 Å². The van der Waals surface area contributed by atoms with E-state index in [9.17, 15) is 12.8 Å². The SMILES string of the molecule is COc1ccc(S(=O)(=O)Nc2cc(C)ccc2OC)c(F)c1. The van der Waals surface area contributed by atoms with E-state index in [2.05, 4.69) is 4.72 Å². The molecule has 1 N–H and O–H groups in total. The van der Waals surface area contributed by atoms with Gasteiger partial charge in [0, 0.05) is 6.07 Å². The van der Waals surface area contributed by atoms with Gasteiger partial charge in [0.2, 0.25) is 0 Å². The van der Waals surface area contributed by atoms with Crippen LogP contribution in [0, 0.1) is 12.7 Å². The minimum Gasteiger partial charge on any atom is -0.497 e. The topological polar surface area (TPSA) is 64.6 Å². The molecule has 0 unspecified atom stereocenters. The van der Waals surface area contributed by atoms with Gasteiger partial charge in [-0.3, -0.25) is 4.72 Å². The monoisotopic (exact) mass is 325 g/mol. The number of anilines is 1. The minimum atomic E-state index is -4.08. The molecule has 2 rings (SSSR count). The average molecular weight is 325 g/mol. The number of methoxy groups -OCH3 is 2. The highest BCUT2D eigenvalue weighted by molar-refractivity contribution is 7.92. The Kier molecular flexibility index (Phi) is 4.56. The molecule has 0 aromatic heterocycles. The fourth-order valence-electron chi connectivity index (χ4n) is 1.93. The van der Waals surface area contributed by atoms with Crippen molar-refractivity contribution in [2.24, 2.45) is 0 Å². The molecule has 2 aromatic rings. The lowest BCUT2D eigenvalue weighted by Gasteiger charge is -2.13. The van der Waals surface area contributed by atoms with Gasteiger partial charge >= 0.3 is 0 Å². The lowest BCUT2D eigenvalue weighted by atomic mass is 10.2. The lowest BCUT2D eigenvalue weighted by molar-refractivity contribution is 0.409. The molecular weight excluding hydrogens is 309 g/mol. The summed E-state index contributed by atoms with van der Waals surface area (Å²) in [6.07, 6.45) is 0. The van der Waals surface area contributed by atoms with Crippen molar-refractivity contribution in [1.82, 2.24) is 0 Å². The van der Waals surface area contributed by atoms with Crippen LogP contribution < -0.4 is 14.2 Å². The Balaban J connectivity index is 2.42. The molecule has 118 valence electrons. The predicted octanol–water partition coefficient (Wildman–Crippen LogP) is 2.95. The van der Waals surface area contributed by atoms with Crippen LogP contribution in [0.15, 0.2) is 41.3 Å². The fraction of sp³-hybridized carbons (Fsp3) is 0.200. The van der Waals surface area contributed by atoms with E-state index in [1.54, 1.807) is 18.2 Å². The van der Waals surface area contributed by atoms with E-state index in [1.165, 1.54) is 20.3 Å². The number of sulfonamides is 1. The molecule has 0 aliphatic carbocycles. The number of halogens is 1. The number of ether oxygens (including phenoxy) is 2. The fourth-order valence-corrected chi connectivity index (χ4v) is 3.05. The third-order valence-corrected chi connectivity index (χ3v) is 4.43. The summed E-state index contributed by atoms with van der Waals surface area (Å²) in [5.74, 6) is -0.300. The third kappa shape index (κ3) is 3.30. The maximum atomic E-state index is 14.0.